The zero-order chi connectivity index (χ0) is 12.3. The first-order chi connectivity index (χ1) is 8.16. The van der Waals surface area contributed by atoms with Gasteiger partial charge >= 0.3 is 0 Å². The number of azo groups is 1. The number of nitrogens with two attached hydrogens (primary N) is 2. The number of hydrogen-bond donors (Lipinski definition) is 2. The highest BCUT2D eigenvalue weighted by atomic mass is 15.1. The minimum absolute atomic E-state index is 0.530. The van der Waals surface area contributed by atoms with Crippen LogP contribution in [-0.2, 0) is 0 Å². The van der Waals surface area contributed by atoms with E-state index in [1.165, 1.54) is 0 Å². The van der Waals surface area contributed by atoms with Gasteiger partial charge in [-0.05, 0) is 36.8 Å². The molecular weight excluding hydrogens is 212 g/mol. The molecule has 0 bridgehead atoms. The van der Waals surface area contributed by atoms with E-state index < -0.39 is 0 Å². The molecule has 0 aliphatic heterocycles. The second-order valence-electron chi connectivity index (χ2n) is 3.80. The molecule has 0 heterocycles. The maximum atomic E-state index is 5.79. The van der Waals surface area contributed by atoms with Crippen LogP contribution in [0.4, 0.5) is 22.7 Å². The zero-order valence-electron chi connectivity index (χ0n) is 9.59. The molecule has 0 spiro atoms. The molecule has 0 amide bonds. The summed E-state index contributed by atoms with van der Waals surface area (Å²) in [6.45, 7) is 1.99. The molecule has 0 aliphatic carbocycles. The first-order valence-electron chi connectivity index (χ1n) is 5.29. The van der Waals surface area contributed by atoms with E-state index in [2.05, 4.69) is 10.2 Å². The Balaban J connectivity index is 2.29. The van der Waals surface area contributed by atoms with Crippen LogP contribution in [0.1, 0.15) is 5.56 Å². The van der Waals surface area contributed by atoms with Crippen LogP contribution in [0.25, 0.3) is 0 Å². The van der Waals surface area contributed by atoms with Crippen molar-refractivity contribution >= 4 is 22.7 Å². The van der Waals surface area contributed by atoms with Crippen LogP contribution in [0.15, 0.2) is 52.7 Å². The van der Waals surface area contributed by atoms with Gasteiger partial charge in [-0.15, -0.1) is 5.11 Å². The van der Waals surface area contributed by atoms with Crippen LogP contribution in [0.2, 0.25) is 0 Å². The summed E-state index contributed by atoms with van der Waals surface area (Å²) >= 11 is 0. The Kier molecular flexibility index (Phi) is 3.05. The summed E-state index contributed by atoms with van der Waals surface area (Å²) in [4.78, 5) is 0. The second kappa shape index (κ2) is 4.65. The molecule has 2 aromatic rings. The molecule has 86 valence electrons. The Labute approximate surface area is 100.0 Å². The summed E-state index contributed by atoms with van der Waals surface area (Å²) < 4.78 is 0. The predicted molar refractivity (Wildman–Crippen MR) is 70.6 cm³/mol. The molecule has 0 aromatic heterocycles. The van der Waals surface area contributed by atoms with E-state index in [-0.39, 0.29) is 0 Å². The van der Waals surface area contributed by atoms with Gasteiger partial charge in [-0.2, -0.15) is 5.11 Å². The van der Waals surface area contributed by atoms with Crippen LogP contribution in [-0.4, -0.2) is 0 Å². The smallest absolute Gasteiger partial charge is 0.109 e. The van der Waals surface area contributed by atoms with E-state index in [1.807, 2.05) is 31.2 Å². The van der Waals surface area contributed by atoms with E-state index in [0.29, 0.717) is 17.1 Å². The lowest BCUT2D eigenvalue weighted by molar-refractivity contribution is 1.21. The van der Waals surface area contributed by atoms with Crippen LogP contribution < -0.4 is 11.5 Å². The molecule has 0 aliphatic rings. The molecule has 17 heavy (non-hydrogen) atoms. The Morgan fingerprint density at radius 3 is 2.29 bits per heavy atom. The molecule has 0 saturated carbocycles. The molecule has 0 atom stereocenters. The molecule has 4 nitrogen and oxygen atoms in total. The summed E-state index contributed by atoms with van der Waals surface area (Å²) in [6, 6.07) is 13.0. The monoisotopic (exact) mass is 226 g/mol. The Morgan fingerprint density at radius 2 is 1.59 bits per heavy atom. The lowest BCUT2D eigenvalue weighted by atomic mass is 10.2. The van der Waals surface area contributed by atoms with Crippen molar-refractivity contribution in [2.24, 2.45) is 10.2 Å². The SMILES string of the molecule is Cc1ccccc1N=Nc1ccc(N)cc1N. The van der Waals surface area contributed by atoms with Crippen molar-refractivity contribution in [3.63, 3.8) is 0 Å². The third-order valence-corrected chi connectivity index (χ3v) is 2.43. The molecule has 2 rings (SSSR count). The summed E-state index contributed by atoms with van der Waals surface area (Å²) in [5.74, 6) is 0. The van der Waals surface area contributed by atoms with E-state index in [4.69, 9.17) is 11.5 Å². The van der Waals surface area contributed by atoms with Crippen LogP contribution in [0.5, 0.6) is 0 Å². The fourth-order valence-corrected chi connectivity index (χ4v) is 1.45. The molecule has 2 aromatic carbocycles. The molecule has 0 radical (unpaired) electrons. The number of anilines is 2. The van der Waals surface area contributed by atoms with Gasteiger partial charge in [0.15, 0.2) is 0 Å². The molecule has 4 N–H and O–H groups in total. The van der Waals surface area contributed by atoms with Crippen LogP contribution in [0, 0.1) is 6.92 Å². The summed E-state index contributed by atoms with van der Waals surface area (Å²) in [5.41, 5.74) is 15.1. The van der Waals surface area contributed by atoms with Crippen molar-refractivity contribution in [3.8, 4) is 0 Å². The highest BCUT2D eigenvalue weighted by Gasteiger charge is 1.98. The summed E-state index contributed by atoms with van der Waals surface area (Å²) in [7, 11) is 0. The Morgan fingerprint density at radius 1 is 0.882 bits per heavy atom. The van der Waals surface area contributed by atoms with Crippen molar-refractivity contribution in [3.05, 3.63) is 48.0 Å². The maximum absolute atomic E-state index is 5.79. The largest absolute Gasteiger partial charge is 0.399 e. The number of rotatable bonds is 2. The van der Waals surface area contributed by atoms with Gasteiger partial charge < -0.3 is 11.5 Å². The van der Waals surface area contributed by atoms with Gasteiger partial charge in [0.1, 0.15) is 5.69 Å². The van der Waals surface area contributed by atoms with Gasteiger partial charge in [0.05, 0.1) is 11.4 Å². The Bertz CT molecular complexity index is 561. The second-order valence-corrected chi connectivity index (χ2v) is 3.80. The lowest BCUT2D eigenvalue weighted by Gasteiger charge is -2.01. The maximum Gasteiger partial charge on any atom is 0.109 e. The van der Waals surface area contributed by atoms with Crippen molar-refractivity contribution in [1.82, 2.24) is 0 Å². The van der Waals surface area contributed by atoms with Gasteiger partial charge in [-0.1, -0.05) is 18.2 Å². The zero-order valence-corrected chi connectivity index (χ0v) is 9.59. The fourth-order valence-electron chi connectivity index (χ4n) is 1.45. The van der Waals surface area contributed by atoms with Gasteiger partial charge in [0.25, 0.3) is 0 Å². The normalized spacial score (nSPS) is 10.9. The lowest BCUT2D eigenvalue weighted by Crippen LogP contribution is -1.89. The van der Waals surface area contributed by atoms with Crippen molar-refractivity contribution in [2.75, 3.05) is 11.5 Å². The highest BCUT2D eigenvalue weighted by molar-refractivity contribution is 5.67. The topological polar surface area (TPSA) is 76.8 Å². The van der Waals surface area contributed by atoms with Gasteiger partial charge in [-0.25, -0.2) is 0 Å². The highest BCUT2D eigenvalue weighted by Crippen LogP contribution is 2.27. The third-order valence-electron chi connectivity index (χ3n) is 2.43. The summed E-state index contributed by atoms with van der Waals surface area (Å²) in [6.07, 6.45) is 0. The quantitative estimate of drug-likeness (QED) is 0.606. The van der Waals surface area contributed by atoms with Gasteiger partial charge in [0, 0.05) is 5.69 Å². The molecule has 0 unspecified atom stereocenters. The predicted octanol–water partition coefficient (Wildman–Crippen LogP) is 3.57. The fraction of sp³-hybridized carbons (Fsp3) is 0.0769. The number of hydrogen-bond acceptors (Lipinski definition) is 4. The summed E-state index contributed by atoms with van der Waals surface area (Å²) in [5, 5.41) is 8.29. The first kappa shape index (κ1) is 11.1. The van der Waals surface area contributed by atoms with Crippen LogP contribution >= 0.6 is 0 Å². The standard InChI is InChI=1S/C13H14N4/c1-9-4-2-3-5-12(9)16-17-13-7-6-10(14)8-11(13)15/h2-8H,14-15H2,1H3. The molecular formula is C13H14N4. The van der Waals surface area contributed by atoms with Crippen molar-refractivity contribution in [1.29, 1.82) is 0 Å². The number of benzene rings is 2. The number of aryl methyl sites for hydroxylation is 1. The number of nitrogens with zero attached hydrogens (tertiary/aromatic N) is 2. The molecule has 0 saturated heterocycles. The van der Waals surface area contributed by atoms with E-state index in [1.54, 1.807) is 18.2 Å². The minimum Gasteiger partial charge on any atom is -0.399 e. The Hall–Kier alpha value is -2.36. The van der Waals surface area contributed by atoms with E-state index in [9.17, 15) is 0 Å². The van der Waals surface area contributed by atoms with E-state index in [0.717, 1.165) is 11.3 Å². The molecule has 0 fully saturated rings. The van der Waals surface area contributed by atoms with Crippen molar-refractivity contribution < 1.29 is 0 Å². The molecule has 4 heteroatoms. The minimum atomic E-state index is 0.530. The van der Waals surface area contributed by atoms with Crippen molar-refractivity contribution in [2.45, 2.75) is 6.92 Å². The third kappa shape index (κ3) is 2.60. The van der Waals surface area contributed by atoms with E-state index >= 15 is 0 Å². The number of nitrogen functional groups attached to an aromatic ring is 2. The average Bonchev–Trinajstić information content (AvgIpc) is 2.30. The average molecular weight is 226 g/mol. The first-order valence-corrected chi connectivity index (χ1v) is 5.29. The van der Waals surface area contributed by atoms with Gasteiger partial charge in [0.2, 0.25) is 0 Å². The van der Waals surface area contributed by atoms with Crippen LogP contribution in [0.3, 0.4) is 0 Å². The van der Waals surface area contributed by atoms with Gasteiger partial charge in [-0.3, -0.25) is 0 Å².